The van der Waals surface area contributed by atoms with Gasteiger partial charge in [0.05, 0.1) is 6.42 Å². The van der Waals surface area contributed by atoms with Crippen molar-refractivity contribution in [2.45, 2.75) is 32.9 Å². The van der Waals surface area contributed by atoms with Crippen molar-refractivity contribution in [2.75, 3.05) is 26.2 Å². The largest absolute Gasteiger partial charge is 0.452 e. The van der Waals surface area contributed by atoms with Gasteiger partial charge in [-0.25, -0.2) is 4.98 Å². The van der Waals surface area contributed by atoms with E-state index < -0.39 is 17.6 Å². The van der Waals surface area contributed by atoms with E-state index in [-0.39, 0.29) is 17.9 Å². The van der Waals surface area contributed by atoms with Crippen LogP contribution in [0.5, 0.6) is 0 Å². The second-order valence-electron chi connectivity index (χ2n) is 8.59. The number of aromatic nitrogens is 3. The lowest BCUT2D eigenvalue weighted by atomic mass is 10.1. The Kier molecular flexibility index (Phi) is 7.67. The van der Waals surface area contributed by atoms with Gasteiger partial charge in [0, 0.05) is 50.2 Å². The van der Waals surface area contributed by atoms with Crippen LogP contribution in [0.2, 0.25) is 0 Å². The second kappa shape index (κ2) is 11.1. The number of nitrogens with zero attached hydrogens (tertiary/aromatic N) is 4. The normalized spacial score (nSPS) is 15.0. The van der Waals surface area contributed by atoms with Crippen molar-refractivity contribution in [3.05, 3.63) is 81.9 Å². The van der Waals surface area contributed by atoms with Crippen molar-refractivity contribution in [1.29, 1.82) is 0 Å². The first kappa shape index (κ1) is 24.3. The number of aromatic amines is 1. The number of carbonyl (C=O) groups is 2. The minimum Gasteiger partial charge on any atom is -0.452 e. The maximum atomic E-state index is 12.8. The van der Waals surface area contributed by atoms with Crippen molar-refractivity contribution >= 4 is 11.9 Å². The van der Waals surface area contributed by atoms with Crippen molar-refractivity contribution in [1.82, 2.24) is 24.8 Å². The summed E-state index contributed by atoms with van der Waals surface area (Å²) in [6, 6.07) is 15.5. The number of H-pyrrole nitrogens is 1. The standard InChI is InChI=1S/C26H29N5O4/c1-18-21(25(33)29-24(28-18)22-10-6-7-11-27-22)16-23(32)35-19(2)26(34)31-14-12-30(13-15-31)17-20-8-4-3-5-9-20/h3-11,19H,12-17H2,1-2H3,(H,28,29,33)/t19-/m0/s1. The Morgan fingerprint density at radius 2 is 1.77 bits per heavy atom. The summed E-state index contributed by atoms with van der Waals surface area (Å²) < 4.78 is 5.38. The first-order valence-corrected chi connectivity index (χ1v) is 11.7. The number of piperazine rings is 1. The van der Waals surface area contributed by atoms with Gasteiger partial charge >= 0.3 is 5.97 Å². The topological polar surface area (TPSA) is 108 Å². The molecule has 0 spiro atoms. The van der Waals surface area contributed by atoms with Gasteiger partial charge in [0.2, 0.25) is 0 Å². The van der Waals surface area contributed by atoms with Crippen LogP contribution in [-0.4, -0.2) is 68.9 Å². The van der Waals surface area contributed by atoms with Gasteiger partial charge in [0.15, 0.2) is 11.9 Å². The molecule has 0 saturated carbocycles. The van der Waals surface area contributed by atoms with Crippen LogP contribution in [0, 0.1) is 6.92 Å². The van der Waals surface area contributed by atoms with Crippen molar-refractivity contribution in [2.24, 2.45) is 0 Å². The molecule has 35 heavy (non-hydrogen) atoms. The Labute approximate surface area is 203 Å². The zero-order valence-corrected chi connectivity index (χ0v) is 19.9. The van der Waals surface area contributed by atoms with E-state index in [1.807, 2.05) is 18.2 Å². The fourth-order valence-corrected chi connectivity index (χ4v) is 4.10. The summed E-state index contributed by atoms with van der Waals surface area (Å²) in [6.07, 6.45) is 0.416. The quantitative estimate of drug-likeness (QED) is 0.521. The van der Waals surface area contributed by atoms with Gasteiger partial charge in [0.1, 0.15) is 5.69 Å². The number of amides is 1. The summed E-state index contributed by atoms with van der Waals surface area (Å²) in [4.78, 5) is 53.2. The van der Waals surface area contributed by atoms with Crippen LogP contribution in [-0.2, 0) is 27.3 Å². The third kappa shape index (κ3) is 6.19. The molecule has 1 amide bonds. The number of pyridine rings is 1. The summed E-state index contributed by atoms with van der Waals surface area (Å²) in [5.41, 5.74) is 1.97. The molecule has 3 heterocycles. The van der Waals surface area contributed by atoms with Gasteiger partial charge in [0.25, 0.3) is 11.5 Å². The first-order valence-electron chi connectivity index (χ1n) is 11.7. The van der Waals surface area contributed by atoms with Gasteiger partial charge in [-0.2, -0.15) is 0 Å². The summed E-state index contributed by atoms with van der Waals surface area (Å²) in [7, 11) is 0. The average Bonchev–Trinajstić information content (AvgIpc) is 2.87. The van der Waals surface area contributed by atoms with Crippen molar-refractivity contribution in [3.63, 3.8) is 0 Å². The van der Waals surface area contributed by atoms with Gasteiger partial charge in [-0.05, 0) is 31.5 Å². The zero-order valence-electron chi connectivity index (χ0n) is 19.9. The lowest BCUT2D eigenvalue weighted by Gasteiger charge is -2.35. The summed E-state index contributed by atoms with van der Waals surface area (Å²) >= 11 is 0. The number of rotatable bonds is 7. The molecule has 1 aliphatic rings. The van der Waals surface area contributed by atoms with E-state index >= 15 is 0 Å². The molecule has 1 aromatic carbocycles. The number of benzene rings is 1. The Bertz CT molecular complexity index is 1220. The Morgan fingerprint density at radius 3 is 2.43 bits per heavy atom. The number of hydrogen-bond donors (Lipinski definition) is 1. The van der Waals surface area contributed by atoms with Gasteiger partial charge < -0.3 is 14.6 Å². The molecule has 1 fully saturated rings. The average molecular weight is 476 g/mol. The van der Waals surface area contributed by atoms with E-state index in [1.54, 1.807) is 43.1 Å². The number of carbonyl (C=O) groups excluding carboxylic acids is 2. The van der Waals surface area contributed by atoms with E-state index in [0.717, 1.165) is 19.6 Å². The molecule has 9 nitrogen and oxygen atoms in total. The first-order chi connectivity index (χ1) is 16.9. The molecule has 9 heteroatoms. The summed E-state index contributed by atoms with van der Waals surface area (Å²) in [5.74, 6) is -0.540. The molecule has 3 aromatic rings. The third-order valence-electron chi connectivity index (χ3n) is 6.04. The number of esters is 1. The third-order valence-corrected chi connectivity index (χ3v) is 6.04. The van der Waals surface area contributed by atoms with Crippen molar-refractivity contribution < 1.29 is 14.3 Å². The van der Waals surface area contributed by atoms with Gasteiger partial charge in [-0.1, -0.05) is 36.4 Å². The Morgan fingerprint density at radius 1 is 1.06 bits per heavy atom. The molecule has 0 unspecified atom stereocenters. The second-order valence-corrected chi connectivity index (χ2v) is 8.59. The van der Waals surface area contributed by atoms with E-state index in [0.29, 0.717) is 30.3 Å². The van der Waals surface area contributed by atoms with Crippen LogP contribution < -0.4 is 5.56 Å². The molecule has 182 valence electrons. The highest BCUT2D eigenvalue weighted by Gasteiger charge is 2.27. The van der Waals surface area contributed by atoms with E-state index in [4.69, 9.17) is 4.74 Å². The Hall–Kier alpha value is -3.85. The molecule has 0 bridgehead atoms. The van der Waals surface area contributed by atoms with E-state index in [1.165, 1.54) is 5.56 Å². The predicted octanol–water partition coefficient (Wildman–Crippen LogP) is 1.96. The van der Waals surface area contributed by atoms with Gasteiger partial charge in [-0.15, -0.1) is 0 Å². The monoisotopic (exact) mass is 475 g/mol. The Balaban J connectivity index is 1.30. The molecule has 0 radical (unpaired) electrons. The van der Waals surface area contributed by atoms with Crippen molar-refractivity contribution in [3.8, 4) is 11.5 Å². The number of aryl methyl sites for hydroxylation is 1. The number of hydrogen-bond acceptors (Lipinski definition) is 7. The van der Waals surface area contributed by atoms with Crippen LogP contribution >= 0.6 is 0 Å². The van der Waals surface area contributed by atoms with Crippen LogP contribution in [0.25, 0.3) is 11.5 Å². The minimum atomic E-state index is -0.927. The number of ether oxygens (including phenoxy) is 1. The highest BCUT2D eigenvalue weighted by atomic mass is 16.5. The lowest BCUT2D eigenvalue weighted by molar-refractivity contribution is -0.159. The molecule has 2 aromatic heterocycles. The molecular formula is C26H29N5O4. The van der Waals surface area contributed by atoms with E-state index in [2.05, 4.69) is 32.0 Å². The molecule has 1 saturated heterocycles. The van der Waals surface area contributed by atoms with Gasteiger partial charge in [-0.3, -0.25) is 24.3 Å². The fourth-order valence-electron chi connectivity index (χ4n) is 4.10. The fraction of sp³-hybridized carbons (Fsp3) is 0.346. The summed E-state index contributed by atoms with van der Waals surface area (Å²) in [5, 5.41) is 0. The highest BCUT2D eigenvalue weighted by Crippen LogP contribution is 2.13. The molecule has 1 aliphatic heterocycles. The van der Waals surface area contributed by atoms with Crippen LogP contribution in [0.4, 0.5) is 0 Å². The molecule has 1 atom stereocenters. The molecular weight excluding hydrogens is 446 g/mol. The lowest BCUT2D eigenvalue weighted by Crippen LogP contribution is -2.51. The van der Waals surface area contributed by atoms with Crippen LogP contribution in [0.3, 0.4) is 0 Å². The highest BCUT2D eigenvalue weighted by molar-refractivity contribution is 5.84. The molecule has 1 N–H and O–H groups in total. The predicted molar refractivity (Wildman–Crippen MR) is 130 cm³/mol. The number of nitrogens with one attached hydrogen (secondary N) is 1. The smallest absolute Gasteiger partial charge is 0.311 e. The minimum absolute atomic E-state index is 0.212. The van der Waals surface area contributed by atoms with Crippen LogP contribution in [0.15, 0.2) is 59.5 Å². The summed E-state index contributed by atoms with van der Waals surface area (Å²) in [6.45, 7) is 6.73. The maximum absolute atomic E-state index is 12.8. The molecule has 0 aliphatic carbocycles. The molecule has 4 rings (SSSR count). The van der Waals surface area contributed by atoms with Crippen LogP contribution in [0.1, 0.15) is 23.7 Å². The maximum Gasteiger partial charge on any atom is 0.311 e. The SMILES string of the molecule is Cc1nc(-c2ccccn2)[nH]c(=O)c1CC(=O)O[C@@H](C)C(=O)N1CCN(Cc2ccccc2)CC1. The zero-order chi connectivity index (χ0) is 24.8. The van der Waals surface area contributed by atoms with E-state index in [9.17, 15) is 14.4 Å².